The maximum atomic E-state index is 13.0. The lowest BCUT2D eigenvalue weighted by molar-refractivity contribution is -0.123. The molecule has 2 aromatic heterocycles. The first-order valence-electron chi connectivity index (χ1n) is 12.2. The standard InChI is InChI=1S/C26H34N6O/c1-30-9-11-32(12-10-30)17-19-3-5-20(6-4-19)26(33)15-24-14-22-13-21(7-8-25(22)29-28-24)23-16-27-31(2)18-23/h7-8,13-14,16,18-20H,3-6,9-12,15,17H2,1-2H3. The van der Waals surface area contributed by atoms with Crippen LogP contribution in [0.1, 0.15) is 31.4 Å². The molecule has 3 heterocycles. The molecule has 174 valence electrons. The summed E-state index contributed by atoms with van der Waals surface area (Å²) in [7, 11) is 4.12. The summed E-state index contributed by atoms with van der Waals surface area (Å²) >= 11 is 0. The number of likely N-dealkylation sites (N-methyl/N-ethyl adjacent to an activating group) is 1. The molecular weight excluding hydrogens is 412 g/mol. The van der Waals surface area contributed by atoms with Gasteiger partial charge in [0.2, 0.25) is 0 Å². The van der Waals surface area contributed by atoms with E-state index in [4.69, 9.17) is 0 Å². The molecule has 7 heteroatoms. The van der Waals surface area contributed by atoms with Crippen LogP contribution in [0.3, 0.4) is 0 Å². The van der Waals surface area contributed by atoms with Gasteiger partial charge in [0, 0.05) is 62.8 Å². The predicted molar refractivity (Wildman–Crippen MR) is 130 cm³/mol. The number of aryl methyl sites for hydroxylation is 1. The van der Waals surface area contributed by atoms with Gasteiger partial charge in [0.15, 0.2) is 0 Å². The number of Topliss-reactive ketones (excluding diaryl/α,β-unsaturated/α-hetero) is 1. The van der Waals surface area contributed by atoms with E-state index in [9.17, 15) is 4.79 Å². The number of rotatable bonds is 6. The Morgan fingerprint density at radius 3 is 2.48 bits per heavy atom. The zero-order valence-corrected chi connectivity index (χ0v) is 19.8. The number of piperazine rings is 1. The normalized spacial score (nSPS) is 22.6. The molecule has 1 saturated carbocycles. The molecule has 0 amide bonds. The quantitative estimate of drug-likeness (QED) is 0.579. The minimum atomic E-state index is 0.174. The summed E-state index contributed by atoms with van der Waals surface area (Å²) < 4.78 is 1.80. The van der Waals surface area contributed by atoms with Gasteiger partial charge in [0.25, 0.3) is 0 Å². The van der Waals surface area contributed by atoms with Crippen molar-refractivity contribution in [2.45, 2.75) is 32.1 Å². The second kappa shape index (κ2) is 9.69. The first kappa shape index (κ1) is 22.2. The molecule has 2 fully saturated rings. The monoisotopic (exact) mass is 446 g/mol. The molecular formula is C26H34N6O. The number of fused-ring (bicyclic) bond motifs is 1. The molecule has 0 atom stereocenters. The zero-order valence-electron chi connectivity index (χ0n) is 19.8. The van der Waals surface area contributed by atoms with Crippen LogP contribution in [-0.2, 0) is 18.3 Å². The highest BCUT2D eigenvalue weighted by Crippen LogP contribution is 2.31. The molecule has 3 aromatic rings. The summed E-state index contributed by atoms with van der Waals surface area (Å²) in [5.74, 6) is 1.24. The van der Waals surface area contributed by atoms with E-state index in [1.807, 2.05) is 37.6 Å². The molecule has 0 N–H and O–H groups in total. The third kappa shape index (κ3) is 5.31. The van der Waals surface area contributed by atoms with Gasteiger partial charge in [-0.15, -0.1) is 0 Å². The van der Waals surface area contributed by atoms with E-state index in [1.165, 1.54) is 45.6 Å². The van der Waals surface area contributed by atoms with Gasteiger partial charge in [0.1, 0.15) is 5.78 Å². The third-order valence-corrected chi connectivity index (χ3v) is 7.44. The predicted octanol–water partition coefficient (Wildman–Crippen LogP) is 3.20. The average Bonchev–Trinajstić information content (AvgIpc) is 3.27. The second-order valence-electron chi connectivity index (χ2n) is 9.98. The largest absolute Gasteiger partial charge is 0.304 e. The molecule has 7 nitrogen and oxygen atoms in total. The number of carbonyl (C=O) groups excluding carboxylic acids is 1. The van der Waals surface area contributed by atoms with Crippen molar-refractivity contribution in [1.82, 2.24) is 29.8 Å². The maximum Gasteiger partial charge on any atom is 0.141 e. The average molecular weight is 447 g/mol. The van der Waals surface area contributed by atoms with Gasteiger partial charge in [-0.25, -0.2) is 0 Å². The molecule has 1 aliphatic heterocycles. The topological polar surface area (TPSA) is 67.2 Å². The lowest BCUT2D eigenvalue weighted by Gasteiger charge is -2.36. The third-order valence-electron chi connectivity index (χ3n) is 7.44. The first-order chi connectivity index (χ1) is 16.0. The Kier molecular flexibility index (Phi) is 6.51. The van der Waals surface area contributed by atoms with Crippen molar-refractivity contribution in [3.05, 3.63) is 42.4 Å². The van der Waals surface area contributed by atoms with Gasteiger partial charge in [-0.3, -0.25) is 9.48 Å². The van der Waals surface area contributed by atoms with Crippen molar-refractivity contribution in [2.75, 3.05) is 39.8 Å². The van der Waals surface area contributed by atoms with Crippen LogP contribution in [0.15, 0.2) is 36.7 Å². The smallest absolute Gasteiger partial charge is 0.141 e. The number of carbonyl (C=O) groups is 1. The van der Waals surface area contributed by atoms with Crippen LogP contribution < -0.4 is 0 Å². The number of benzene rings is 1. The number of nitrogens with zero attached hydrogens (tertiary/aromatic N) is 6. The van der Waals surface area contributed by atoms with E-state index in [2.05, 4.69) is 38.2 Å². The second-order valence-corrected chi connectivity index (χ2v) is 9.98. The van der Waals surface area contributed by atoms with Gasteiger partial charge in [0.05, 0.1) is 23.8 Å². The molecule has 0 bridgehead atoms. The molecule has 5 rings (SSSR count). The Morgan fingerprint density at radius 2 is 1.76 bits per heavy atom. The van der Waals surface area contributed by atoms with Gasteiger partial charge < -0.3 is 9.80 Å². The highest BCUT2D eigenvalue weighted by atomic mass is 16.1. The Balaban J connectivity index is 1.18. The van der Waals surface area contributed by atoms with E-state index in [0.29, 0.717) is 12.2 Å². The molecule has 0 radical (unpaired) electrons. The zero-order chi connectivity index (χ0) is 22.8. The highest BCUT2D eigenvalue weighted by Gasteiger charge is 2.28. The highest BCUT2D eigenvalue weighted by molar-refractivity contribution is 5.86. The van der Waals surface area contributed by atoms with Crippen LogP contribution in [0.2, 0.25) is 0 Å². The van der Waals surface area contributed by atoms with Crippen molar-refractivity contribution in [3.63, 3.8) is 0 Å². The summed E-state index contributed by atoms with van der Waals surface area (Å²) in [6.45, 7) is 5.90. The van der Waals surface area contributed by atoms with Gasteiger partial charge in [-0.2, -0.15) is 15.3 Å². The Labute approximate surface area is 195 Å². The summed E-state index contributed by atoms with van der Waals surface area (Å²) in [6.07, 6.45) is 8.61. The summed E-state index contributed by atoms with van der Waals surface area (Å²) in [6, 6.07) is 8.16. The Morgan fingerprint density at radius 1 is 0.970 bits per heavy atom. The number of hydrogen-bond donors (Lipinski definition) is 0. The van der Waals surface area contributed by atoms with E-state index < -0.39 is 0 Å². The first-order valence-corrected chi connectivity index (χ1v) is 12.2. The minimum absolute atomic E-state index is 0.174. The van der Waals surface area contributed by atoms with Crippen LogP contribution in [-0.4, -0.2) is 75.3 Å². The fraction of sp³-hybridized carbons (Fsp3) is 0.538. The van der Waals surface area contributed by atoms with Crippen LogP contribution >= 0.6 is 0 Å². The fourth-order valence-corrected chi connectivity index (χ4v) is 5.31. The SMILES string of the molecule is CN1CCN(CC2CCC(C(=O)Cc3cc4cc(-c5cnn(C)c5)ccc4nn3)CC2)CC1. The van der Waals surface area contributed by atoms with Crippen LogP contribution in [0.4, 0.5) is 0 Å². The summed E-state index contributed by atoms with van der Waals surface area (Å²) in [4.78, 5) is 18.0. The van der Waals surface area contributed by atoms with Crippen molar-refractivity contribution in [3.8, 4) is 11.1 Å². The van der Waals surface area contributed by atoms with Crippen molar-refractivity contribution < 1.29 is 4.79 Å². The Bertz CT molecular complexity index is 1110. The van der Waals surface area contributed by atoms with E-state index in [0.717, 1.165) is 46.5 Å². The molecule has 0 spiro atoms. The Hall–Kier alpha value is -2.64. The lowest BCUT2D eigenvalue weighted by Crippen LogP contribution is -2.46. The molecule has 1 aliphatic carbocycles. The van der Waals surface area contributed by atoms with Gasteiger partial charge >= 0.3 is 0 Å². The van der Waals surface area contributed by atoms with Crippen molar-refractivity contribution in [1.29, 1.82) is 0 Å². The number of hydrogen-bond acceptors (Lipinski definition) is 6. The van der Waals surface area contributed by atoms with Crippen molar-refractivity contribution >= 4 is 16.7 Å². The van der Waals surface area contributed by atoms with Gasteiger partial charge in [-0.05, 0) is 62.4 Å². The molecule has 33 heavy (non-hydrogen) atoms. The van der Waals surface area contributed by atoms with Crippen LogP contribution in [0.5, 0.6) is 0 Å². The minimum Gasteiger partial charge on any atom is -0.304 e. The van der Waals surface area contributed by atoms with Crippen molar-refractivity contribution in [2.24, 2.45) is 18.9 Å². The van der Waals surface area contributed by atoms with Gasteiger partial charge in [-0.1, -0.05) is 6.07 Å². The summed E-state index contributed by atoms with van der Waals surface area (Å²) in [5.41, 5.74) is 3.79. The van der Waals surface area contributed by atoms with Crippen LogP contribution in [0.25, 0.3) is 22.0 Å². The van der Waals surface area contributed by atoms with E-state index >= 15 is 0 Å². The molecule has 1 aromatic carbocycles. The lowest BCUT2D eigenvalue weighted by atomic mass is 9.79. The molecule has 2 aliphatic rings. The maximum absolute atomic E-state index is 13.0. The van der Waals surface area contributed by atoms with E-state index in [1.54, 1.807) is 4.68 Å². The molecule has 1 saturated heterocycles. The van der Waals surface area contributed by atoms with Crippen LogP contribution in [0, 0.1) is 11.8 Å². The summed E-state index contributed by atoms with van der Waals surface area (Å²) in [5, 5.41) is 14.0. The number of aromatic nitrogens is 4. The molecule has 0 unspecified atom stereocenters. The van der Waals surface area contributed by atoms with E-state index in [-0.39, 0.29) is 5.92 Å². The fourth-order valence-electron chi connectivity index (χ4n) is 5.31. The number of ketones is 1.